The summed E-state index contributed by atoms with van der Waals surface area (Å²) < 4.78 is 0. The lowest BCUT2D eigenvalue weighted by atomic mass is 10.2. The maximum absolute atomic E-state index is 11.1. The fourth-order valence-corrected chi connectivity index (χ4v) is 1.32. The molecule has 2 rings (SSSR count). The fourth-order valence-electron chi connectivity index (χ4n) is 1.32. The number of aromatic carboxylic acids is 1. The van der Waals surface area contributed by atoms with Gasteiger partial charge in [0, 0.05) is 6.07 Å². The molecule has 2 aromatic rings. The average molecular weight is 261 g/mol. The predicted octanol–water partition coefficient (Wildman–Crippen LogP) is 1.22. The lowest BCUT2D eigenvalue weighted by molar-refractivity contribution is -0.385. The molecule has 0 aliphatic carbocycles. The molecule has 0 amide bonds. The van der Waals surface area contributed by atoms with Crippen LogP contribution >= 0.6 is 0 Å². The average Bonchev–Trinajstić information content (AvgIpc) is 2.39. The number of nitrogens with one attached hydrogen (secondary N) is 1. The van der Waals surface area contributed by atoms with Gasteiger partial charge >= 0.3 is 5.97 Å². The van der Waals surface area contributed by atoms with Crippen molar-refractivity contribution in [1.29, 1.82) is 0 Å². The molecule has 0 spiro atoms. The number of carbonyl (C=O) groups is 1. The first-order valence-corrected chi connectivity index (χ1v) is 4.97. The Morgan fingerprint density at radius 3 is 2.58 bits per heavy atom. The van der Waals surface area contributed by atoms with Crippen molar-refractivity contribution in [2.24, 2.45) is 0 Å². The van der Waals surface area contributed by atoms with Gasteiger partial charge < -0.3 is 10.4 Å². The van der Waals surface area contributed by atoms with Crippen LogP contribution in [0.5, 0.6) is 0 Å². The molecule has 0 fully saturated rings. The maximum atomic E-state index is 11.1. The number of hydrogen-bond donors (Lipinski definition) is 2. The SMILES string of the molecule is O=C(O)c1cc([N+](=O)[O-])cnc1Nc1cncnc1. The molecule has 0 unspecified atom stereocenters. The van der Waals surface area contributed by atoms with Crippen molar-refractivity contribution in [1.82, 2.24) is 15.0 Å². The normalized spacial score (nSPS) is 9.89. The summed E-state index contributed by atoms with van der Waals surface area (Å²) in [6, 6.07) is 0.932. The van der Waals surface area contributed by atoms with Gasteiger partial charge in [0.25, 0.3) is 5.69 Å². The van der Waals surface area contributed by atoms with E-state index in [0.29, 0.717) is 5.69 Å². The molecule has 0 saturated heterocycles. The van der Waals surface area contributed by atoms with Crippen LogP contribution in [0.4, 0.5) is 17.2 Å². The summed E-state index contributed by atoms with van der Waals surface area (Å²) in [7, 11) is 0. The zero-order valence-electron chi connectivity index (χ0n) is 9.35. The van der Waals surface area contributed by atoms with Gasteiger partial charge in [-0.05, 0) is 0 Å². The second-order valence-electron chi connectivity index (χ2n) is 3.40. The van der Waals surface area contributed by atoms with Gasteiger partial charge in [-0.3, -0.25) is 10.1 Å². The van der Waals surface area contributed by atoms with Crippen LogP contribution in [0.25, 0.3) is 0 Å². The number of nitro groups is 1. The Hall–Kier alpha value is -3.10. The standard InChI is InChI=1S/C10H7N5O4/c16-10(17)8-1-7(15(18)19)4-13-9(8)14-6-2-11-5-12-3-6/h1-5H,(H,13,14)(H,16,17). The van der Waals surface area contributed by atoms with Crippen LogP contribution in [0.1, 0.15) is 10.4 Å². The minimum Gasteiger partial charge on any atom is -0.478 e. The molecule has 2 N–H and O–H groups in total. The van der Waals surface area contributed by atoms with Gasteiger partial charge in [-0.2, -0.15) is 0 Å². The van der Waals surface area contributed by atoms with Gasteiger partial charge in [0.15, 0.2) is 0 Å². The Morgan fingerprint density at radius 2 is 2.00 bits per heavy atom. The highest BCUT2D eigenvalue weighted by Crippen LogP contribution is 2.21. The summed E-state index contributed by atoms with van der Waals surface area (Å²) in [5.41, 5.74) is -0.281. The van der Waals surface area contributed by atoms with Gasteiger partial charge in [-0.1, -0.05) is 0 Å². The molecule has 0 saturated carbocycles. The van der Waals surface area contributed by atoms with E-state index in [1.54, 1.807) is 0 Å². The third kappa shape index (κ3) is 2.77. The highest BCUT2D eigenvalue weighted by molar-refractivity contribution is 5.94. The van der Waals surface area contributed by atoms with E-state index in [1.165, 1.54) is 18.7 Å². The van der Waals surface area contributed by atoms with E-state index >= 15 is 0 Å². The van der Waals surface area contributed by atoms with Crippen LogP contribution in [-0.4, -0.2) is 31.0 Å². The van der Waals surface area contributed by atoms with Crippen molar-refractivity contribution in [3.63, 3.8) is 0 Å². The van der Waals surface area contributed by atoms with E-state index in [2.05, 4.69) is 20.3 Å². The summed E-state index contributed by atoms with van der Waals surface area (Å²) in [5.74, 6) is -1.34. The number of rotatable bonds is 4. The van der Waals surface area contributed by atoms with Crippen LogP contribution < -0.4 is 5.32 Å². The van der Waals surface area contributed by atoms with E-state index in [0.717, 1.165) is 12.3 Å². The Labute approximate surface area is 106 Å². The zero-order chi connectivity index (χ0) is 13.8. The van der Waals surface area contributed by atoms with Crippen molar-refractivity contribution in [3.8, 4) is 0 Å². The van der Waals surface area contributed by atoms with Crippen LogP contribution in [0, 0.1) is 10.1 Å². The lowest BCUT2D eigenvalue weighted by Crippen LogP contribution is -2.06. The van der Waals surface area contributed by atoms with Crippen molar-refractivity contribution >= 4 is 23.2 Å². The minimum absolute atomic E-state index is 0.0205. The van der Waals surface area contributed by atoms with E-state index in [-0.39, 0.29) is 11.4 Å². The molecule has 2 heterocycles. The van der Waals surface area contributed by atoms with Crippen LogP contribution in [0.2, 0.25) is 0 Å². The number of nitrogens with zero attached hydrogens (tertiary/aromatic N) is 4. The summed E-state index contributed by atoms with van der Waals surface area (Å²) in [6.07, 6.45) is 5.12. The summed E-state index contributed by atoms with van der Waals surface area (Å²) in [6.45, 7) is 0. The van der Waals surface area contributed by atoms with Gasteiger partial charge in [0.05, 0.1) is 23.0 Å². The number of aromatic nitrogens is 3. The second kappa shape index (κ2) is 5.04. The predicted molar refractivity (Wildman–Crippen MR) is 63.2 cm³/mol. The van der Waals surface area contributed by atoms with Gasteiger partial charge in [0.1, 0.15) is 23.9 Å². The molecular formula is C10H7N5O4. The maximum Gasteiger partial charge on any atom is 0.339 e. The second-order valence-corrected chi connectivity index (χ2v) is 3.40. The molecule has 0 bridgehead atoms. The smallest absolute Gasteiger partial charge is 0.339 e. The summed E-state index contributed by atoms with van der Waals surface area (Å²) >= 11 is 0. The molecule has 9 heteroatoms. The molecule has 96 valence electrons. The molecule has 0 aliphatic heterocycles. The first-order valence-electron chi connectivity index (χ1n) is 4.97. The van der Waals surface area contributed by atoms with E-state index < -0.39 is 16.6 Å². The number of pyridine rings is 1. The topological polar surface area (TPSA) is 131 Å². The Bertz CT molecular complexity index is 631. The molecule has 19 heavy (non-hydrogen) atoms. The number of hydrogen-bond acceptors (Lipinski definition) is 7. The highest BCUT2D eigenvalue weighted by atomic mass is 16.6. The Kier molecular flexibility index (Phi) is 3.28. The highest BCUT2D eigenvalue weighted by Gasteiger charge is 2.17. The molecule has 9 nitrogen and oxygen atoms in total. The summed E-state index contributed by atoms with van der Waals surface area (Å²) in [5, 5.41) is 22.3. The Balaban J connectivity index is 2.40. The molecule has 0 atom stereocenters. The van der Waals surface area contributed by atoms with E-state index in [9.17, 15) is 14.9 Å². The minimum atomic E-state index is -1.32. The van der Waals surface area contributed by atoms with Gasteiger partial charge in [-0.25, -0.2) is 19.7 Å². The number of carboxylic acid groups (broad SMARTS) is 1. The number of carboxylic acids is 1. The van der Waals surface area contributed by atoms with Crippen LogP contribution in [0.15, 0.2) is 31.0 Å². The first-order chi connectivity index (χ1) is 9.08. The monoisotopic (exact) mass is 261 g/mol. The third-order valence-corrected chi connectivity index (χ3v) is 2.14. The zero-order valence-corrected chi connectivity index (χ0v) is 9.35. The molecule has 0 radical (unpaired) electrons. The molecular weight excluding hydrogens is 254 g/mol. The van der Waals surface area contributed by atoms with E-state index in [1.807, 2.05) is 0 Å². The van der Waals surface area contributed by atoms with Crippen molar-refractivity contribution < 1.29 is 14.8 Å². The molecule has 0 aromatic carbocycles. The van der Waals surface area contributed by atoms with Gasteiger partial charge in [0.2, 0.25) is 0 Å². The fraction of sp³-hybridized carbons (Fsp3) is 0. The summed E-state index contributed by atoms with van der Waals surface area (Å²) in [4.78, 5) is 32.1. The van der Waals surface area contributed by atoms with Crippen molar-refractivity contribution in [2.75, 3.05) is 5.32 Å². The first kappa shape index (κ1) is 12.4. The number of anilines is 2. The van der Waals surface area contributed by atoms with Crippen molar-refractivity contribution in [3.05, 3.63) is 46.7 Å². The molecule has 0 aliphatic rings. The van der Waals surface area contributed by atoms with Crippen LogP contribution in [-0.2, 0) is 0 Å². The van der Waals surface area contributed by atoms with Gasteiger partial charge in [-0.15, -0.1) is 0 Å². The lowest BCUT2D eigenvalue weighted by Gasteiger charge is -2.07. The van der Waals surface area contributed by atoms with Crippen molar-refractivity contribution in [2.45, 2.75) is 0 Å². The third-order valence-electron chi connectivity index (χ3n) is 2.14. The molecule has 2 aromatic heterocycles. The largest absolute Gasteiger partial charge is 0.478 e. The van der Waals surface area contributed by atoms with E-state index in [4.69, 9.17) is 5.11 Å². The van der Waals surface area contributed by atoms with Crippen LogP contribution in [0.3, 0.4) is 0 Å². The Morgan fingerprint density at radius 1 is 1.32 bits per heavy atom. The quantitative estimate of drug-likeness (QED) is 0.620.